The van der Waals surface area contributed by atoms with Crippen LogP contribution < -0.4 is 5.32 Å². The Morgan fingerprint density at radius 3 is 2.62 bits per heavy atom. The second-order valence-electron chi connectivity index (χ2n) is 3.68. The van der Waals surface area contributed by atoms with Gasteiger partial charge in [0.15, 0.2) is 5.81 Å². The number of esters is 2. The van der Waals surface area contributed by atoms with Gasteiger partial charge >= 0.3 is 11.9 Å². The molecule has 1 fully saturated rings. The van der Waals surface area contributed by atoms with Crippen LogP contribution >= 0.6 is 0 Å². The predicted molar refractivity (Wildman–Crippen MR) is 53.8 cm³/mol. The van der Waals surface area contributed by atoms with Crippen LogP contribution in [0.3, 0.4) is 0 Å². The summed E-state index contributed by atoms with van der Waals surface area (Å²) < 4.78 is 9.77. The highest BCUT2D eigenvalue weighted by Gasteiger charge is 2.27. The van der Waals surface area contributed by atoms with E-state index in [1.807, 2.05) is 0 Å². The van der Waals surface area contributed by atoms with Crippen molar-refractivity contribution in [3.05, 3.63) is 0 Å². The third-order valence-corrected chi connectivity index (χ3v) is 2.01. The molecule has 2 radical (unpaired) electrons. The lowest BCUT2D eigenvalue weighted by Gasteiger charge is -2.14. The smallest absolute Gasteiger partial charge is 0.329 e. The second kappa shape index (κ2) is 5.53. The summed E-state index contributed by atoms with van der Waals surface area (Å²) in [5.41, 5.74) is 0. The zero-order valence-electron chi connectivity index (χ0n) is 8.89. The Kier molecular flexibility index (Phi) is 4.33. The maximum atomic E-state index is 11.4. The molecule has 1 aliphatic heterocycles. The molecule has 0 aromatic carbocycles. The summed E-state index contributed by atoms with van der Waals surface area (Å²) in [6.45, 7) is 2.11. The van der Waals surface area contributed by atoms with Crippen LogP contribution in [-0.2, 0) is 19.1 Å². The Bertz CT molecular complexity index is 306. The number of carbonyl (C=O) groups is 3. The van der Waals surface area contributed by atoms with Crippen molar-refractivity contribution in [3.8, 4) is 0 Å². The second-order valence-corrected chi connectivity index (χ2v) is 3.68. The Morgan fingerprint density at radius 2 is 2.00 bits per heavy atom. The van der Waals surface area contributed by atoms with Gasteiger partial charge in [0.2, 0.25) is 7.85 Å². The quantitative estimate of drug-likeness (QED) is 0.474. The van der Waals surface area contributed by atoms with E-state index in [1.165, 1.54) is 0 Å². The van der Waals surface area contributed by atoms with Gasteiger partial charge in [-0.2, -0.15) is 0 Å². The molecule has 2 unspecified atom stereocenters. The standard InChI is InChI=1S/C9H12BNO5/c1-5-3-15-7(12)2-6(11-9(10)14)8(13)16-4-5/h5-6H,2-4H2,1H3,(H,11,14). The third kappa shape index (κ3) is 3.92. The highest BCUT2D eigenvalue weighted by molar-refractivity contribution is 6.57. The van der Waals surface area contributed by atoms with Crippen molar-refractivity contribution in [2.45, 2.75) is 19.4 Å². The fraction of sp³-hybridized carbons (Fsp3) is 0.667. The maximum Gasteiger partial charge on any atom is 0.329 e. The van der Waals surface area contributed by atoms with Gasteiger partial charge in [0, 0.05) is 5.92 Å². The molecule has 1 aliphatic rings. The van der Waals surface area contributed by atoms with Crippen molar-refractivity contribution in [2.24, 2.45) is 5.92 Å². The topological polar surface area (TPSA) is 81.7 Å². The van der Waals surface area contributed by atoms with E-state index in [0.717, 1.165) is 0 Å². The van der Waals surface area contributed by atoms with Gasteiger partial charge in [-0.05, 0) is 0 Å². The van der Waals surface area contributed by atoms with E-state index >= 15 is 0 Å². The predicted octanol–water partition coefficient (Wildman–Crippen LogP) is -0.641. The van der Waals surface area contributed by atoms with Crippen LogP contribution in [0.5, 0.6) is 0 Å². The summed E-state index contributed by atoms with van der Waals surface area (Å²) in [5, 5.41) is 2.14. The molecule has 0 saturated carbocycles. The molecular weight excluding hydrogens is 213 g/mol. The molecule has 1 amide bonds. The van der Waals surface area contributed by atoms with Crippen LogP contribution in [0, 0.1) is 5.92 Å². The highest BCUT2D eigenvalue weighted by atomic mass is 16.6. The lowest BCUT2D eigenvalue weighted by atomic mass is 10.1. The first-order valence-corrected chi connectivity index (χ1v) is 4.87. The average molecular weight is 225 g/mol. The summed E-state index contributed by atoms with van der Waals surface area (Å²) in [6, 6.07) is -1.07. The Balaban J connectivity index is 2.69. The molecule has 7 heteroatoms. The van der Waals surface area contributed by atoms with E-state index in [2.05, 4.69) is 5.32 Å². The summed E-state index contributed by atoms with van der Waals surface area (Å²) in [4.78, 5) is 33.3. The van der Waals surface area contributed by atoms with Gasteiger partial charge in [0.05, 0.1) is 19.6 Å². The molecule has 0 spiro atoms. The Labute approximate surface area is 94.1 Å². The van der Waals surface area contributed by atoms with Gasteiger partial charge in [-0.15, -0.1) is 0 Å². The molecule has 1 heterocycles. The van der Waals surface area contributed by atoms with Crippen molar-refractivity contribution < 1.29 is 23.9 Å². The molecular formula is C9H12BNO5. The van der Waals surface area contributed by atoms with Crippen molar-refractivity contribution >= 4 is 25.6 Å². The van der Waals surface area contributed by atoms with E-state index in [9.17, 15) is 14.4 Å². The first-order chi connectivity index (χ1) is 7.49. The zero-order valence-corrected chi connectivity index (χ0v) is 8.89. The molecule has 86 valence electrons. The SMILES string of the molecule is [B]C(=O)NC1CC(=O)OCC(C)COC1=O. The van der Waals surface area contributed by atoms with E-state index in [1.54, 1.807) is 6.92 Å². The Hall–Kier alpha value is -1.53. The third-order valence-electron chi connectivity index (χ3n) is 2.01. The van der Waals surface area contributed by atoms with Gasteiger partial charge in [0.1, 0.15) is 6.04 Å². The molecule has 6 nitrogen and oxygen atoms in total. The number of nitrogens with one attached hydrogen (secondary N) is 1. The molecule has 1 rings (SSSR count). The molecule has 1 saturated heterocycles. The van der Waals surface area contributed by atoms with Gasteiger partial charge in [-0.25, -0.2) is 4.79 Å². The van der Waals surface area contributed by atoms with Crippen LogP contribution in [0.25, 0.3) is 0 Å². The van der Waals surface area contributed by atoms with Crippen LogP contribution in [0.15, 0.2) is 0 Å². The maximum absolute atomic E-state index is 11.4. The number of ether oxygens (including phenoxy) is 2. The number of cyclic esters (lactones) is 2. The van der Waals surface area contributed by atoms with E-state index in [-0.39, 0.29) is 25.6 Å². The van der Waals surface area contributed by atoms with Crippen LogP contribution in [-0.4, -0.2) is 44.8 Å². The van der Waals surface area contributed by atoms with Gasteiger partial charge in [0.25, 0.3) is 0 Å². The number of amides is 1. The first kappa shape index (κ1) is 12.5. The van der Waals surface area contributed by atoms with Gasteiger partial charge in [-0.3, -0.25) is 9.59 Å². The molecule has 0 bridgehead atoms. The minimum atomic E-state index is -1.07. The molecule has 0 aromatic heterocycles. The van der Waals surface area contributed by atoms with Crippen molar-refractivity contribution in [2.75, 3.05) is 13.2 Å². The fourth-order valence-electron chi connectivity index (χ4n) is 1.20. The lowest BCUT2D eigenvalue weighted by Crippen LogP contribution is -2.42. The van der Waals surface area contributed by atoms with Gasteiger partial charge < -0.3 is 14.8 Å². The van der Waals surface area contributed by atoms with Crippen molar-refractivity contribution in [1.29, 1.82) is 0 Å². The minimum absolute atomic E-state index is 0.0692. The average Bonchev–Trinajstić information content (AvgIpc) is 2.24. The van der Waals surface area contributed by atoms with Gasteiger partial charge in [-0.1, -0.05) is 6.92 Å². The number of rotatable bonds is 1. The summed E-state index contributed by atoms with van der Waals surface area (Å²) in [6.07, 6.45) is -0.269. The van der Waals surface area contributed by atoms with E-state index in [0.29, 0.717) is 0 Å². The number of carbonyl (C=O) groups excluding carboxylic acids is 3. The molecule has 16 heavy (non-hydrogen) atoms. The van der Waals surface area contributed by atoms with E-state index in [4.69, 9.17) is 17.3 Å². The molecule has 2 atom stereocenters. The number of hydrogen-bond donors (Lipinski definition) is 1. The van der Waals surface area contributed by atoms with E-state index < -0.39 is 23.8 Å². The van der Waals surface area contributed by atoms with Crippen LogP contribution in [0.4, 0.5) is 4.79 Å². The Morgan fingerprint density at radius 1 is 1.38 bits per heavy atom. The monoisotopic (exact) mass is 225 g/mol. The summed E-state index contributed by atoms with van der Waals surface area (Å²) in [7, 11) is 4.88. The lowest BCUT2D eigenvalue weighted by molar-refractivity contribution is -0.149. The normalized spacial score (nSPS) is 26.8. The van der Waals surface area contributed by atoms with Crippen LogP contribution in [0.1, 0.15) is 13.3 Å². The summed E-state index contributed by atoms with van der Waals surface area (Å²) >= 11 is 0. The molecule has 1 N–H and O–H groups in total. The summed E-state index contributed by atoms with van der Waals surface area (Å²) in [5.74, 6) is -2.20. The largest absolute Gasteiger partial charge is 0.465 e. The van der Waals surface area contributed by atoms with Crippen LogP contribution in [0.2, 0.25) is 0 Å². The fourth-order valence-corrected chi connectivity index (χ4v) is 1.20. The molecule has 0 aliphatic carbocycles. The zero-order chi connectivity index (χ0) is 12.1. The van der Waals surface area contributed by atoms with Crippen molar-refractivity contribution in [3.63, 3.8) is 0 Å². The molecule has 0 aromatic rings. The first-order valence-electron chi connectivity index (χ1n) is 4.87. The number of hydrogen-bond acceptors (Lipinski definition) is 5. The highest BCUT2D eigenvalue weighted by Crippen LogP contribution is 2.06. The van der Waals surface area contributed by atoms with Crippen molar-refractivity contribution in [1.82, 2.24) is 5.32 Å². The minimum Gasteiger partial charge on any atom is -0.465 e.